The normalized spacial score (nSPS) is 13.9. The number of hydrogen-bond donors (Lipinski definition) is 1. The molecule has 2 rings (SSSR count). The average Bonchev–Trinajstić information content (AvgIpc) is 2.63. The fourth-order valence-corrected chi connectivity index (χ4v) is 2.11. The summed E-state index contributed by atoms with van der Waals surface area (Å²) in [5.41, 5.74) is 0.828. The molecule has 0 aromatic carbocycles. The van der Waals surface area contributed by atoms with Gasteiger partial charge in [-0.15, -0.1) is 5.10 Å². The monoisotopic (exact) mass is 361 g/mol. The highest BCUT2D eigenvalue weighted by Crippen LogP contribution is 2.09. The third-order valence-corrected chi connectivity index (χ3v) is 3.56. The number of ether oxygens (including phenoxy) is 1. The zero-order valence-electron chi connectivity index (χ0n) is 15.9. The van der Waals surface area contributed by atoms with Crippen molar-refractivity contribution in [1.29, 1.82) is 0 Å². The first kappa shape index (κ1) is 21.3. The smallest absolute Gasteiger partial charge is 0.289 e. The highest BCUT2D eigenvalue weighted by molar-refractivity contribution is 5.93. The Bertz CT molecular complexity index is 649. The molecule has 8 nitrogen and oxygen atoms in total. The van der Waals surface area contributed by atoms with E-state index in [4.69, 9.17) is 4.74 Å². The van der Waals surface area contributed by atoms with Crippen LogP contribution in [0.25, 0.3) is 0 Å². The first-order valence-corrected chi connectivity index (χ1v) is 8.52. The Morgan fingerprint density at radius 2 is 1.73 bits per heavy atom. The number of nitrogens with one attached hydrogen (secondary N) is 1. The molecule has 1 aromatic rings. The summed E-state index contributed by atoms with van der Waals surface area (Å²) in [5, 5.41) is 9.98. The predicted molar refractivity (Wildman–Crippen MR) is 99.0 cm³/mol. The number of rotatable bonds is 5. The van der Waals surface area contributed by atoms with Crippen LogP contribution in [0.1, 0.15) is 30.0 Å². The van der Waals surface area contributed by atoms with Gasteiger partial charge in [0.15, 0.2) is 17.3 Å². The molecule has 0 saturated carbocycles. The quantitative estimate of drug-likeness (QED) is 0.629. The fourth-order valence-electron chi connectivity index (χ4n) is 2.11. The molecule has 8 heteroatoms. The maximum atomic E-state index is 12.2. The Labute approximate surface area is 154 Å². The van der Waals surface area contributed by atoms with E-state index in [2.05, 4.69) is 33.6 Å². The average molecular weight is 361 g/mol. The molecule has 26 heavy (non-hydrogen) atoms. The minimum absolute atomic E-state index is 0.0835. The summed E-state index contributed by atoms with van der Waals surface area (Å²) in [4.78, 5) is 28.0. The van der Waals surface area contributed by atoms with Crippen molar-refractivity contribution in [1.82, 2.24) is 25.3 Å². The van der Waals surface area contributed by atoms with Gasteiger partial charge in [0.25, 0.3) is 11.8 Å². The van der Waals surface area contributed by atoms with Crippen molar-refractivity contribution in [3.05, 3.63) is 48.3 Å². The van der Waals surface area contributed by atoms with E-state index in [9.17, 15) is 9.59 Å². The van der Waals surface area contributed by atoms with Gasteiger partial charge in [0, 0.05) is 26.2 Å². The van der Waals surface area contributed by atoms with Crippen molar-refractivity contribution in [3.8, 4) is 0 Å². The number of carbonyl (C=O) groups excluding carboxylic acids is 2. The van der Waals surface area contributed by atoms with Gasteiger partial charge in [0.1, 0.15) is 0 Å². The number of aromatic nitrogens is 2. The zero-order chi connectivity index (χ0) is 19.7. The molecule has 1 aliphatic rings. The summed E-state index contributed by atoms with van der Waals surface area (Å²) in [5.74, 6) is -1.00. The number of carbonyl (C=O) groups is 2. The highest BCUT2D eigenvalue weighted by Gasteiger charge is 2.23. The van der Waals surface area contributed by atoms with Crippen LogP contribution in [-0.2, 0) is 9.53 Å². The zero-order valence-corrected chi connectivity index (χ0v) is 15.9. The van der Waals surface area contributed by atoms with Gasteiger partial charge in [0.05, 0.1) is 5.69 Å². The number of likely N-dealkylation sites (N-methyl/N-ethyl adjacent to an activating group) is 1. The van der Waals surface area contributed by atoms with Crippen molar-refractivity contribution < 1.29 is 14.3 Å². The summed E-state index contributed by atoms with van der Waals surface area (Å²) < 4.78 is 5.23. The largest absolute Gasteiger partial charge is 0.436 e. The topological polar surface area (TPSA) is 87.7 Å². The third kappa shape index (κ3) is 6.29. The van der Waals surface area contributed by atoms with Gasteiger partial charge in [-0.3, -0.25) is 14.9 Å². The molecule has 1 N–H and O–H groups in total. The minimum atomic E-state index is -0.521. The second-order valence-corrected chi connectivity index (χ2v) is 5.56. The van der Waals surface area contributed by atoms with Crippen LogP contribution >= 0.6 is 0 Å². The lowest BCUT2D eigenvalue weighted by atomic mass is 10.3. The molecule has 0 spiro atoms. The van der Waals surface area contributed by atoms with Crippen LogP contribution in [0.2, 0.25) is 0 Å². The number of nitrogens with zero attached hydrogens (tertiary/aromatic N) is 4. The van der Waals surface area contributed by atoms with E-state index < -0.39 is 5.91 Å². The Hall–Kier alpha value is -2.74. The molecule has 0 atom stereocenters. The van der Waals surface area contributed by atoms with E-state index in [0.717, 1.165) is 13.1 Å². The van der Waals surface area contributed by atoms with Crippen LogP contribution in [-0.4, -0.2) is 65.0 Å². The second-order valence-electron chi connectivity index (χ2n) is 5.56. The fraction of sp³-hybridized carbons (Fsp3) is 0.444. The molecule has 2 heterocycles. The van der Waals surface area contributed by atoms with E-state index >= 15 is 0 Å². The lowest BCUT2D eigenvalue weighted by Gasteiger charge is -2.32. The summed E-state index contributed by atoms with van der Waals surface area (Å²) >= 11 is 0. The van der Waals surface area contributed by atoms with Crippen molar-refractivity contribution >= 4 is 11.8 Å². The van der Waals surface area contributed by atoms with Gasteiger partial charge in [-0.1, -0.05) is 20.4 Å². The molecule has 142 valence electrons. The molecule has 1 aromatic heterocycles. The van der Waals surface area contributed by atoms with Crippen molar-refractivity contribution in [2.75, 3.05) is 33.2 Å². The molecule has 0 radical (unpaired) electrons. The summed E-state index contributed by atoms with van der Waals surface area (Å²) in [6.45, 7) is 15.8. The number of hydrogen-bond acceptors (Lipinski definition) is 6. The van der Waals surface area contributed by atoms with Crippen LogP contribution in [0.15, 0.2) is 36.9 Å². The Morgan fingerprint density at radius 1 is 1.12 bits per heavy atom. The van der Waals surface area contributed by atoms with Crippen LogP contribution in [0, 0.1) is 6.92 Å². The molecule has 0 unspecified atom stereocenters. The predicted octanol–water partition coefficient (Wildman–Crippen LogP) is 1.32. The van der Waals surface area contributed by atoms with Crippen LogP contribution in [0.3, 0.4) is 0 Å². The molecule has 0 aliphatic carbocycles. The SMILES string of the molecule is C=C(NC(=O)c1ccc(C)nn1)OC(=C)C(=O)N1CCN(C)CC1.CC. The summed E-state index contributed by atoms with van der Waals surface area (Å²) in [6, 6.07) is 3.20. The highest BCUT2D eigenvalue weighted by atomic mass is 16.5. The number of amides is 2. The summed E-state index contributed by atoms with van der Waals surface area (Å²) in [6.07, 6.45) is 0. The van der Waals surface area contributed by atoms with E-state index in [1.54, 1.807) is 17.9 Å². The third-order valence-electron chi connectivity index (χ3n) is 3.56. The van der Waals surface area contributed by atoms with Crippen LogP contribution in [0.5, 0.6) is 0 Å². The Kier molecular flexibility index (Phi) is 8.44. The van der Waals surface area contributed by atoms with Crippen molar-refractivity contribution in [2.45, 2.75) is 20.8 Å². The molecular weight excluding hydrogens is 334 g/mol. The van der Waals surface area contributed by atoms with Gasteiger partial charge >= 0.3 is 0 Å². The lowest BCUT2D eigenvalue weighted by molar-refractivity contribution is -0.131. The molecule has 1 aliphatic heterocycles. The van der Waals surface area contributed by atoms with Gasteiger partial charge < -0.3 is 14.5 Å². The van der Waals surface area contributed by atoms with Crippen LogP contribution in [0.4, 0.5) is 0 Å². The van der Waals surface area contributed by atoms with E-state index in [1.807, 2.05) is 20.9 Å². The van der Waals surface area contributed by atoms with Gasteiger partial charge in [0.2, 0.25) is 0 Å². The maximum absolute atomic E-state index is 12.2. The Morgan fingerprint density at radius 3 is 2.27 bits per heavy atom. The van der Waals surface area contributed by atoms with Crippen LogP contribution < -0.4 is 5.32 Å². The standard InChI is InChI=1S/C16H21N5O3.C2H6/c1-11-5-6-14(19-18-11)15(22)17-13(3)24-12(2)16(23)21-9-7-20(4)8-10-21;1-2/h5-6H,2-3,7-10H2,1,4H3,(H,17,22);1-2H3. The number of aryl methyl sites for hydroxylation is 1. The van der Waals surface area contributed by atoms with Crippen molar-refractivity contribution in [3.63, 3.8) is 0 Å². The van der Waals surface area contributed by atoms with E-state index in [-0.39, 0.29) is 23.2 Å². The first-order valence-electron chi connectivity index (χ1n) is 8.52. The molecule has 0 bridgehead atoms. The van der Waals surface area contributed by atoms with E-state index in [0.29, 0.717) is 18.8 Å². The first-order chi connectivity index (χ1) is 12.4. The Balaban J connectivity index is 0.00000163. The van der Waals surface area contributed by atoms with E-state index in [1.165, 1.54) is 6.07 Å². The van der Waals surface area contributed by atoms with Gasteiger partial charge in [-0.2, -0.15) is 5.10 Å². The molecule has 1 saturated heterocycles. The van der Waals surface area contributed by atoms with Gasteiger partial charge in [-0.05, 0) is 32.7 Å². The van der Waals surface area contributed by atoms with Gasteiger partial charge in [-0.25, -0.2) is 0 Å². The lowest BCUT2D eigenvalue weighted by Crippen LogP contribution is -2.47. The summed E-state index contributed by atoms with van der Waals surface area (Å²) in [7, 11) is 2.00. The van der Waals surface area contributed by atoms with Crippen molar-refractivity contribution in [2.24, 2.45) is 0 Å². The molecule has 2 amide bonds. The maximum Gasteiger partial charge on any atom is 0.289 e. The number of piperazine rings is 1. The minimum Gasteiger partial charge on any atom is -0.436 e. The molecule has 1 fully saturated rings. The molecular formula is C18H27N5O3. The second kappa shape index (κ2) is 10.3.